The molecule has 2 heterocycles. The van der Waals surface area contributed by atoms with Gasteiger partial charge in [-0.25, -0.2) is 4.57 Å². The molecule has 6 unspecified atom stereocenters. The number of fused-ring (bicyclic) bond motifs is 1. The average molecular weight is 1060 g/mol. The quantitative estimate of drug-likeness (QED) is 0.00963. The number of anilines is 1. The third kappa shape index (κ3) is 16.6. The van der Waals surface area contributed by atoms with Crippen LogP contribution in [0.2, 0.25) is 0 Å². The maximum Gasteiger partial charge on any atom is 0.469 e. The third-order valence-electron chi connectivity index (χ3n) is 12.2. The van der Waals surface area contributed by atoms with Crippen LogP contribution in [0.3, 0.4) is 0 Å². The van der Waals surface area contributed by atoms with Crippen LogP contribution in [0.15, 0.2) is 114 Å². The van der Waals surface area contributed by atoms with E-state index in [0.29, 0.717) is 11.1 Å². The largest absolute Gasteiger partial charge is 0.508 e. The smallest absolute Gasteiger partial charge is 0.469 e. The number of non-ortho nitro benzene ring substituents is 1. The number of rotatable bonds is 25. The zero-order valence-electron chi connectivity index (χ0n) is 40.4. The molecule has 1 aromatic heterocycles. The number of aromatic amines is 1. The van der Waals surface area contributed by atoms with Crippen LogP contribution in [0.25, 0.3) is 10.9 Å². The van der Waals surface area contributed by atoms with E-state index in [1.807, 2.05) is 24.3 Å². The number of para-hydroxylation sites is 1. The van der Waals surface area contributed by atoms with Gasteiger partial charge in [0.2, 0.25) is 35.4 Å². The lowest BCUT2D eigenvalue weighted by Gasteiger charge is -2.31. The molecule has 1 saturated heterocycles. The van der Waals surface area contributed by atoms with Gasteiger partial charge in [0, 0.05) is 60.9 Å². The van der Waals surface area contributed by atoms with E-state index in [0.717, 1.165) is 21.4 Å². The van der Waals surface area contributed by atoms with E-state index in [2.05, 4.69) is 36.6 Å². The molecule has 0 radical (unpaired) electrons. The number of hydrogen-bond acceptors (Lipinski definition) is 13. The first-order valence-corrected chi connectivity index (χ1v) is 25.2. The topological polar surface area (TPSA) is 402 Å². The lowest BCUT2D eigenvalue weighted by atomic mass is 10.0. The highest BCUT2D eigenvalue weighted by Gasteiger charge is 2.41. The fraction of sp³-hybridized carbons (Fsp3) is 0.327. The Morgan fingerprint density at radius 3 is 2.04 bits per heavy atom. The predicted molar refractivity (Wildman–Crippen MR) is 274 cm³/mol. The third-order valence-corrected chi connectivity index (χ3v) is 12.6. The van der Waals surface area contributed by atoms with E-state index in [-0.39, 0.29) is 81.1 Å². The molecule has 0 bridgehead atoms. The van der Waals surface area contributed by atoms with Crippen LogP contribution in [-0.4, -0.2) is 127 Å². The minimum Gasteiger partial charge on any atom is -0.508 e. The Balaban J connectivity index is 1.22. The van der Waals surface area contributed by atoms with E-state index in [4.69, 9.17) is 21.7 Å². The van der Waals surface area contributed by atoms with Crippen molar-refractivity contribution in [2.75, 3.05) is 25.0 Å². The molecule has 0 spiro atoms. The number of aromatic hydroxyl groups is 1. The van der Waals surface area contributed by atoms with Crippen molar-refractivity contribution in [1.29, 1.82) is 0 Å². The number of H-pyrrole nitrogens is 1. The minimum atomic E-state index is -5.31. The van der Waals surface area contributed by atoms with Gasteiger partial charge in [-0.15, -0.1) is 0 Å². The van der Waals surface area contributed by atoms with Crippen LogP contribution >= 0.6 is 7.82 Å². The van der Waals surface area contributed by atoms with Crippen LogP contribution in [0, 0.1) is 10.1 Å². The molecule has 0 saturated carbocycles. The van der Waals surface area contributed by atoms with E-state index >= 15 is 0 Å². The van der Waals surface area contributed by atoms with Crippen molar-refractivity contribution in [1.82, 2.24) is 31.2 Å². The summed E-state index contributed by atoms with van der Waals surface area (Å²) in [5.41, 5.74) is 19.9. The highest BCUT2D eigenvalue weighted by molar-refractivity contribution is 7.46. The second kappa shape index (κ2) is 26.1. The number of benzene rings is 4. The summed E-state index contributed by atoms with van der Waals surface area (Å²) >= 11 is 0. The summed E-state index contributed by atoms with van der Waals surface area (Å²) in [5.74, 6) is -5.43. The molecule has 26 heteroatoms. The van der Waals surface area contributed by atoms with Crippen molar-refractivity contribution in [2.45, 2.75) is 81.2 Å². The van der Waals surface area contributed by atoms with E-state index in [9.17, 15) is 58.3 Å². The van der Waals surface area contributed by atoms with E-state index in [1.165, 1.54) is 48.5 Å². The van der Waals surface area contributed by atoms with Crippen molar-refractivity contribution in [3.63, 3.8) is 0 Å². The number of phenols is 1. The number of guanidine groups is 1. The van der Waals surface area contributed by atoms with Gasteiger partial charge < -0.3 is 68.6 Å². The summed E-state index contributed by atoms with van der Waals surface area (Å²) in [4.78, 5) is 123. The van der Waals surface area contributed by atoms with Crippen LogP contribution < -0.4 is 43.8 Å². The molecule has 15 N–H and O–H groups in total. The first-order chi connectivity index (χ1) is 35.7. The van der Waals surface area contributed by atoms with Crippen LogP contribution in [-0.2, 0) is 57.1 Å². The second-order valence-electron chi connectivity index (χ2n) is 17.7. The number of phosphoric ester groups is 1. The Morgan fingerprint density at radius 1 is 0.787 bits per heavy atom. The Hall–Kier alpha value is -8.22. The predicted octanol–water partition coefficient (Wildman–Crippen LogP) is 0.869. The number of nitrogens with one attached hydrogen (secondary N) is 6. The number of hydrogen-bond donors (Lipinski definition) is 12. The number of phenolic OH excluding ortho intramolecular Hbond substituents is 1. The monoisotopic (exact) mass is 1050 g/mol. The number of carbonyl (C=O) groups excluding carboxylic acids is 6. The Kier molecular flexibility index (Phi) is 19.5. The van der Waals surface area contributed by atoms with Gasteiger partial charge in [0.15, 0.2) is 5.96 Å². The van der Waals surface area contributed by atoms with Crippen LogP contribution in [0.5, 0.6) is 5.75 Å². The lowest BCUT2D eigenvalue weighted by molar-refractivity contribution is -0.384. The fourth-order valence-corrected chi connectivity index (χ4v) is 8.72. The number of nitro groups is 1. The van der Waals surface area contributed by atoms with Gasteiger partial charge in [0.1, 0.15) is 36.0 Å². The molecule has 25 nitrogen and oxygen atoms in total. The van der Waals surface area contributed by atoms with Gasteiger partial charge in [0.25, 0.3) is 5.69 Å². The van der Waals surface area contributed by atoms with Gasteiger partial charge in [-0.3, -0.25) is 48.4 Å². The van der Waals surface area contributed by atoms with Crippen molar-refractivity contribution in [2.24, 2.45) is 22.2 Å². The Labute approximate surface area is 429 Å². The summed E-state index contributed by atoms with van der Waals surface area (Å²) in [6.45, 7) is -1.11. The molecule has 4 aromatic carbocycles. The molecule has 6 amide bonds. The molecule has 1 aliphatic heterocycles. The molecule has 5 aromatic rings. The van der Waals surface area contributed by atoms with Gasteiger partial charge >= 0.3 is 7.82 Å². The molecule has 1 fully saturated rings. The summed E-state index contributed by atoms with van der Waals surface area (Å²) in [5, 5.41) is 35.1. The number of phosphoric acid groups is 1. The summed E-state index contributed by atoms with van der Waals surface area (Å²) in [7, 11) is -5.31. The highest BCUT2D eigenvalue weighted by Crippen LogP contribution is 2.36. The Bertz CT molecular complexity index is 2900. The second-order valence-corrected chi connectivity index (χ2v) is 18.9. The van der Waals surface area contributed by atoms with Gasteiger partial charge in [-0.2, -0.15) is 0 Å². The number of nitrogens with two attached hydrogens (primary N) is 3. The zero-order valence-corrected chi connectivity index (χ0v) is 41.3. The normalized spacial score (nSPS) is 15.3. The molecule has 398 valence electrons. The molecule has 6 rings (SSSR count). The zero-order chi connectivity index (χ0) is 54.2. The Morgan fingerprint density at radius 2 is 1.40 bits per heavy atom. The number of likely N-dealkylation sites (tertiary alicyclic amines) is 1. The number of aromatic nitrogens is 1. The summed E-state index contributed by atoms with van der Waals surface area (Å²) in [6, 6.07) is 18.3. The summed E-state index contributed by atoms with van der Waals surface area (Å²) in [6.07, 6.45) is 1.99. The maximum absolute atomic E-state index is 14.5. The van der Waals surface area contributed by atoms with Gasteiger partial charge in [0.05, 0.1) is 17.6 Å². The number of aliphatic imine (C=N–C) groups is 1. The average Bonchev–Trinajstić information content (AvgIpc) is 4.04. The van der Waals surface area contributed by atoms with Crippen molar-refractivity contribution in [3.05, 3.63) is 136 Å². The SMILES string of the molecule is NC(N)=NCCCC(NC(=O)C1CCCN1C(=O)C(COP(=O)(O)O)NC(=O)C(Cc1ccc(O)cc1)NC(=O)C(Cc1ccccc1)NC(=O)C(N)Cc1c[nH]c2ccccc12)C(=O)Nc1ccc([N+](=O)[O-])cc1. The molecule has 1 aliphatic rings. The highest BCUT2D eigenvalue weighted by atomic mass is 31.2. The molecular weight excluding hydrogens is 996 g/mol. The lowest BCUT2D eigenvalue weighted by Crippen LogP contribution is -2.60. The standard InChI is InChI=1S/C49H59N12O13P/c50-36(26-31-27-54-37-11-5-4-10-35(31)37)43(63)57-39(24-29-8-2-1-3-9-29)45(65)58-40(25-30-14-20-34(62)21-15-30)46(66)59-41(28-74-75(71,72)73)48(68)60-23-7-13-42(60)47(67)56-38(12-6-22-53-49(51)52)44(64)55-32-16-18-33(19-17-32)61(69)70/h1-5,8-11,14-21,27,36,38-42,54,62H,6-7,12-13,22-26,28,50H2,(H,55,64)(H,56,67)(H,57,63)(H,58,65)(H,59,66)(H4,51,52,53)(H2,71,72,73). The molecule has 75 heavy (non-hydrogen) atoms. The summed E-state index contributed by atoms with van der Waals surface area (Å²) < 4.78 is 16.8. The van der Waals surface area contributed by atoms with Crippen molar-refractivity contribution in [3.8, 4) is 5.75 Å². The minimum absolute atomic E-state index is 0.0152. The van der Waals surface area contributed by atoms with Crippen LogP contribution in [0.4, 0.5) is 11.4 Å². The first-order valence-electron chi connectivity index (χ1n) is 23.7. The van der Waals surface area contributed by atoms with Crippen molar-refractivity contribution >= 4 is 71.5 Å². The van der Waals surface area contributed by atoms with Crippen LogP contribution in [0.1, 0.15) is 42.4 Å². The fourth-order valence-electron chi connectivity index (χ4n) is 8.38. The number of carbonyl (C=O) groups is 6. The molecule has 6 atom stereocenters. The maximum atomic E-state index is 14.5. The van der Waals surface area contributed by atoms with E-state index in [1.54, 1.807) is 36.5 Å². The number of nitro benzene ring substituents is 1. The van der Waals surface area contributed by atoms with Crippen molar-refractivity contribution < 1.29 is 57.7 Å². The van der Waals surface area contributed by atoms with E-state index < -0.39 is 91.0 Å². The molecule has 0 aliphatic carbocycles. The number of amides is 6. The van der Waals surface area contributed by atoms with Gasteiger partial charge in [-0.1, -0.05) is 60.7 Å². The first kappa shape index (κ1) is 56.1. The molecular formula is C49H59N12O13P. The number of nitrogens with zero attached hydrogens (tertiary/aromatic N) is 3. The van der Waals surface area contributed by atoms with Gasteiger partial charge in [-0.05, 0) is 79.1 Å².